The Balaban J connectivity index is 1.81. The quantitative estimate of drug-likeness (QED) is 0.450. The second-order valence-electron chi connectivity index (χ2n) is 5.50. The van der Waals surface area contributed by atoms with Crippen LogP contribution in [-0.2, 0) is 4.79 Å². The molecule has 2 aliphatic carbocycles. The first-order valence-corrected chi connectivity index (χ1v) is 6.62. The van der Waals surface area contributed by atoms with E-state index in [4.69, 9.17) is 4.74 Å². The first kappa shape index (κ1) is 11.5. The second kappa shape index (κ2) is 4.27. The second-order valence-corrected chi connectivity index (χ2v) is 5.50. The zero-order valence-electron chi connectivity index (χ0n) is 10.8. The van der Waals surface area contributed by atoms with Crippen molar-refractivity contribution < 1.29 is 9.53 Å². The van der Waals surface area contributed by atoms with Crippen LogP contribution >= 0.6 is 0 Å². The van der Waals surface area contributed by atoms with Crippen LogP contribution in [0.1, 0.15) is 31.7 Å². The molecule has 1 fully saturated rings. The summed E-state index contributed by atoms with van der Waals surface area (Å²) < 4.78 is 5.07. The van der Waals surface area contributed by atoms with Gasteiger partial charge in [0.1, 0.15) is 5.75 Å². The Labute approximate surface area is 108 Å². The van der Waals surface area contributed by atoms with Crippen LogP contribution < -0.4 is 4.74 Å². The Morgan fingerprint density at radius 1 is 1.17 bits per heavy atom. The van der Waals surface area contributed by atoms with E-state index in [9.17, 15) is 4.79 Å². The summed E-state index contributed by atoms with van der Waals surface area (Å²) in [5.41, 5.74) is 1.37. The molecule has 18 heavy (non-hydrogen) atoms. The van der Waals surface area contributed by atoms with Gasteiger partial charge in [-0.15, -0.1) is 0 Å². The monoisotopic (exact) mass is 242 g/mol. The van der Waals surface area contributed by atoms with Crippen molar-refractivity contribution in [2.75, 3.05) is 0 Å². The predicted octanol–water partition coefficient (Wildman–Crippen LogP) is 3.54. The highest BCUT2D eigenvalue weighted by Crippen LogP contribution is 2.52. The standard InChI is InChI=1S/C16H18O2/c1-10-13-3-4-14(9-13)16(10)12-5-7-15(8-6-12)18-11(2)17/h3-8,10,13-14,16H,9H2,1-2H3. The third-order valence-corrected chi connectivity index (χ3v) is 4.38. The van der Waals surface area contributed by atoms with Gasteiger partial charge in [-0.2, -0.15) is 0 Å². The molecule has 0 amide bonds. The van der Waals surface area contributed by atoms with Crippen molar-refractivity contribution >= 4 is 5.97 Å². The average molecular weight is 242 g/mol. The van der Waals surface area contributed by atoms with Gasteiger partial charge in [0.2, 0.25) is 0 Å². The molecule has 0 heterocycles. The molecule has 2 nitrogen and oxygen atoms in total. The van der Waals surface area contributed by atoms with Crippen molar-refractivity contribution in [3.63, 3.8) is 0 Å². The summed E-state index contributed by atoms with van der Waals surface area (Å²) in [7, 11) is 0. The van der Waals surface area contributed by atoms with Gasteiger partial charge in [-0.25, -0.2) is 0 Å². The van der Waals surface area contributed by atoms with Crippen LogP contribution in [0.2, 0.25) is 0 Å². The lowest BCUT2D eigenvalue weighted by molar-refractivity contribution is -0.131. The Hall–Kier alpha value is -1.57. The summed E-state index contributed by atoms with van der Waals surface area (Å²) in [5.74, 6) is 3.18. The molecule has 0 radical (unpaired) electrons. The van der Waals surface area contributed by atoms with E-state index in [-0.39, 0.29) is 5.97 Å². The molecule has 94 valence electrons. The lowest BCUT2D eigenvalue weighted by Gasteiger charge is -2.25. The van der Waals surface area contributed by atoms with Gasteiger partial charge in [-0.05, 0) is 47.8 Å². The van der Waals surface area contributed by atoms with E-state index < -0.39 is 0 Å². The molecule has 1 saturated carbocycles. The number of carbonyl (C=O) groups is 1. The van der Waals surface area contributed by atoms with Crippen LogP contribution in [0.4, 0.5) is 0 Å². The van der Waals surface area contributed by atoms with Gasteiger partial charge in [0.25, 0.3) is 0 Å². The van der Waals surface area contributed by atoms with Crippen LogP contribution in [0, 0.1) is 17.8 Å². The van der Waals surface area contributed by atoms with Crippen molar-refractivity contribution in [2.24, 2.45) is 17.8 Å². The molecule has 3 rings (SSSR count). The highest BCUT2D eigenvalue weighted by molar-refractivity contribution is 5.69. The van der Waals surface area contributed by atoms with Crippen LogP contribution in [-0.4, -0.2) is 5.97 Å². The van der Waals surface area contributed by atoms with Gasteiger partial charge < -0.3 is 4.74 Å². The zero-order valence-corrected chi connectivity index (χ0v) is 10.8. The molecule has 2 heteroatoms. The van der Waals surface area contributed by atoms with E-state index in [2.05, 4.69) is 31.2 Å². The fraction of sp³-hybridized carbons (Fsp3) is 0.438. The predicted molar refractivity (Wildman–Crippen MR) is 70.4 cm³/mol. The van der Waals surface area contributed by atoms with E-state index in [1.54, 1.807) is 0 Å². The lowest BCUT2D eigenvalue weighted by atomic mass is 9.80. The van der Waals surface area contributed by atoms with Gasteiger partial charge in [0.15, 0.2) is 0 Å². The normalized spacial score (nSPS) is 32.8. The Morgan fingerprint density at radius 2 is 1.83 bits per heavy atom. The maximum Gasteiger partial charge on any atom is 0.308 e. The number of allylic oxidation sites excluding steroid dienone is 2. The molecular weight excluding hydrogens is 224 g/mol. The molecule has 0 saturated heterocycles. The minimum absolute atomic E-state index is 0.265. The number of hydrogen-bond acceptors (Lipinski definition) is 2. The molecule has 1 aromatic rings. The number of ether oxygens (including phenoxy) is 1. The molecule has 0 aromatic heterocycles. The first-order valence-electron chi connectivity index (χ1n) is 6.62. The Morgan fingerprint density at radius 3 is 2.39 bits per heavy atom. The summed E-state index contributed by atoms with van der Waals surface area (Å²) >= 11 is 0. The maximum atomic E-state index is 10.9. The van der Waals surface area contributed by atoms with Crippen molar-refractivity contribution in [1.82, 2.24) is 0 Å². The number of esters is 1. The number of fused-ring (bicyclic) bond motifs is 2. The summed E-state index contributed by atoms with van der Waals surface area (Å²) in [5, 5.41) is 0. The van der Waals surface area contributed by atoms with Crippen LogP contribution in [0.15, 0.2) is 36.4 Å². The summed E-state index contributed by atoms with van der Waals surface area (Å²) in [4.78, 5) is 10.9. The van der Waals surface area contributed by atoms with Crippen molar-refractivity contribution in [3.05, 3.63) is 42.0 Å². The van der Waals surface area contributed by atoms with E-state index in [1.165, 1.54) is 18.9 Å². The highest BCUT2D eigenvalue weighted by atomic mass is 16.5. The van der Waals surface area contributed by atoms with Gasteiger partial charge in [-0.3, -0.25) is 4.79 Å². The van der Waals surface area contributed by atoms with Gasteiger partial charge in [-0.1, -0.05) is 31.2 Å². The lowest BCUT2D eigenvalue weighted by Crippen LogP contribution is -2.14. The molecule has 0 spiro atoms. The van der Waals surface area contributed by atoms with E-state index >= 15 is 0 Å². The number of benzene rings is 1. The van der Waals surface area contributed by atoms with Crippen molar-refractivity contribution in [2.45, 2.75) is 26.2 Å². The fourth-order valence-electron chi connectivity index (χ4n) is 3.54. The third-order valence-electron chi connectivity index (χ3n) is 4.38. The molecule has 4 atom stereocenters. The molecule has 4 unspecified atom stereocenters. The highest BCUT2D eigenvalue weighted by Gasteiger charge is 2.42. The summed E-state index contributed by atoms with van der Waals surface area (Å²) in [6, 6.07) is 8.01. The van der Waals surface area contributed by atoms with E-state index in [0.29, 0.717) is 17.6 Å². The van der Waals surface area contributed by atoms with Crippen molar-refractivity contribution in [3.8, 4) is 5.75 Å². The van der Waals surface area contributed by atoms with Crippen LogP contribution in [0.25, 0.3) is 0 Å². The Kier molecular flexibility index (Phi) is 2.73. The largest absolute Gasteiger partial charge is 0.427 e. The van der Waals surface area contributed by atoms with Crippen LogP contribution in [0.3, 0.4) is 0 Å². The molecule has 1 aromatic carbocycles. The van der Waals surface area contributed by atoms with Gasteiger partial charge in [0, 0.05) is 6.92 Å². The fourth-order valence-corrected chi connectivity index (χ4v) is 3.54. The minimum Gasteiger partial charge on any atom is -0.427 e. The smallest absolute Gasteiger partial charge is 0.308 e. The van der Waals surface area contributed by atoms with E-state index in [0.717, 1.165) is 11.8 Å². The summed E-state index contributed by atoms with van der Waals surface area (Å²) in [6.07, 6.45) is 6.05. The number of carbonyl (C=O) groups excluding carboxylic acids is 1. The molecule has 2 bridgehead atoms. The SMILES string of the molecule is CC(=O)Oc1ccc(C2C3C=CC(C3)C2C)cc1. The molecule has 0 N–H and O–H groups in total. The Bertz CT molecular complexity index is 486. The summed E-state index contributed by atoms with van der Waals surface area (Å²) in [6.45, 7) is 3.77. The zero-order chi connectivity index (χ0) is 12.7. The minimum atomic E-state index is -0.265. The maximum absolute atomic E-state index is 10.9. The molecular formula is C16H18O2. The number of hydrogen-bond donors (Lipinski definition) is 0. The third kappa shape index (κ3) is 1.86. The topological polar surface area (TPSA) is 26.3 Å². The number of rotatable bonds is 2. The molecule has 2 aliphatic rings. The average Bonchev–Trinajstić information content (AvgIpc) is 2.90. The molecule has 0 aliphatic heterocycles. The van der Waals surface area contributed by atoms with Crippen LogP contribution in [0.5, 0.6) is 5.75 Å². The van der Waals surface area contributed by atoms with Gasteiger partial charge in [0.05, 0.1) is 0 Å². The van der Waals surface area contributed by atoms with Gasteiger partial charge >= 0.3 is 5.97 Å². The first-order chi connectivity index (χ1) is 8.65. The van der Waals surface area contributed by atoms with Crippen molar-refractivity contribution in [1.29, 1.82) is 0 Å². The van der Waals surface area contributed by atoms with E-state index in [1.807, 2.05) is 12.1 Å².